The highest BCUT2D eigenvalue weighted by atomic mass is 16.5. The van der Waals surface area contributed by atoms with Gasteiger partial charge in [-0.05, 0) is 62.2 Å². The predicted octanol–water partition coefficient (Wildman–Crippen LogP) is 4.30. The lowest BCUT2D eigenvalue weighted by Crippen LogP contribution is -2.46. The van der Waals surface area contributed by atoms with Gasteiger partial charge in [-0.2, -0.15) is 0 Å². The van der Waals surface area contributed by atoms with E-state index in [0.717, 1.165) is 25.7 Å². The summed E-state index contributed by atoms with van der Waals surface area (Å²) in [5, 5.41) is 3.11. The molecule has 2 heterocycles. The average molecular weight is 462 g/mol. The van der Waals surface area contributed by atoms with Crippen molar-refractivity contribution >= 4 is 23.5 Å². The Bertz CT molecular complexity index is 1110. The second-order valence-corrected chi connectivity index (χ2v) is 8.10. The molecule has 0 aliphatic heterocycles. The standard InChI is InChI=1S/C26H27N3O5/c1-2-33-26(32)18-11-13-21(14-12-18)29(25(31)22-10-6-16-34-22)23(19-7-5-15-27-17-19)24(30)28-20-8-3-4-9-20/h5-7,10-17,20,23H,2-4,8-9H2,1H3,(H,28,30). The Morgan fingerprint density at radius 1 is 1.12 bits per heavy atom. The highest BCUT2D eigenvalue weighted by Gasteiger charge is 2.36. The van der Waals surface area contributed by atoms with Crippen molar-refractivity contribution in [2.24, 2.45) is 0 Å². The molecule has 176 valence electrons. The molecule has 1 aliphatic carbocycles. The van der Waals surface area contributed by atoms with Crippen LogP contribution in [0.4, 0.5) is 5.69 Å². The molecule has 34 heavy (non-hydrogen) atoms. The van der Waals surface area contributed by atoms with E-state index in [9.17, 15) is 14.4 Å². The quantitative estimate of drug-likeness (QED) is 0.502. The highest BCUT2D eigenvalue weighted by Crippen LogP contribution is 2.31. The van der Waals surface area contributed by atoms with Gasteiger partial charge in [0.15, 0.2) is 5.76 Å². The number of carbonyl (C=O) groups is 3. The van der Waals surface area contributed by atoms with E-state index in [1.54, 1.807) is 67.8 Å². The maximum atomic E-state index is 13.6. The van der Waals surface area contributed by atoms with E-state index < -0.39 is 17.9 Å². The first-order valence-electron chi connectivity index (χ1n) is 11.4. The molecule has 1 fully saturated rings. The van der Waals surface area contributed by atoms with Crippen LogP contribution in [0, 0.1) is 0 Å². The topological polar surface area (TPSA) is 102 Å². The van der Waals surface area contributed by atoms with E-state index in [1.807, 2.05) is 0 Å². The van der Waals surface area contributed by atoms with Crippen molar-refractivity contribution in [1.29, 1.82) is 0 Å². The molecular weight excluding hydrogens is 434 g/mol. The van der Waals surface area contributed by atoms with Gasteiger partial charge in [-0.1, -0.05) is 18.9 Å². The van der Waals surface area contributed by atoms with Crippen LogP contribution in [-0.4, -0.2) is 35.4 Å². The SMILES string of the molecule is CCOC(=O)c1ccc(N(C(=O)c2ccco2)C(C(=O)NC2CCCC2)c2cccnc2)cc1. The first-order chi connectivity index (χ1) is 16.6. The predicted molar refractivity (Wildman–Crippen MR) is 125 cm³/mol. The fourth-order valence-electron chi connectivity index (χ4n) is 4.18. The summed E-state index contributed by atoms with van der Waals surface area (Å²) in [7, 11) is 0. The van der Waals surface area contributed by atoms with Crippen LogP contribution in [0.15, 0.2) is 71.6 Å². The number of rotatable bonds is 8. The summed E-state index contributed by atoms with van der Waals surface area (Å²) in [5.74, 6) is -1.14. The molecule has 0 spiro atoms. The van der Waals surface area contributed by atoms with Gasteiger partial charge in [0.1, 0.15) is 6.04 Å². The molecule has 1 atom stereocenters. The normalized spacial score (nSPS) is 14.4. The van der Waals surface area contributed by atoms with Crippen LogP contribution in [-0.2, 0) is 9.53 Å². The van der Waals surface area contributed by atoms with Crippen LogP contribution in [0.25, 0.3) is 0 Å². The number of pyridine rings is 1. The second kappa shape index (κ2) is 10.8. The van der Waals surface area contributed by atoms with Gasteiger partial charge in [-0.3, -0.25) is 19.5 Å². The summed E-state index contributed by atoms with van der Waals surface area (Å²) in [6.45, 7) is 1.99. The van der Waals surface area contributed by atoms with Gasteiger partial charge in [0.05, 0.1) is 18.4 Å². The molecule has 2 amide bonds. The summed E-state index contributed by atoms with van der Waals surface area (Å²) in [6, 6.07) is 12.1. The van der Waals surface area contributed by atoms with E-state index in [-0.39, 0.29) is 24.3 Å². The molecule has 2 aromatic heterocycles. The van der Waals surface area contributed by atoms with E-state index in [1.165, 1.54) is 11.2 Å². The molecule has 1 unspecified atom stereocenters. The van der Waals surface area contributed by atoms with Gasteiger partial charge in [-0.25, -0.2) is 4.79 Å². The van der Waals surface area contributed by atoms with Crippen LogP contribution in [0.3, 0.4) is 0 Å². The van der Waals surface area contributed by atoms with Gasteiger partial charge >= 0.3 is 5.97 Å². The maximum Gasteiger partial charge on any atom is 0.338 e. The minimum absolute atomic E-state index is 0.0680. The number of amides is 2. The lowest BCUT2D eigenvalue weighted by Gasteiger charge is -2.31. The molecule has 3 aromatic rings. The maximum absolute atomic E-state index is 13.6. The van der Waals surface area contributed by atoms with Crippen LogP contribution in [0.2, 0.25) is 0 Å². The number of nitrogens with zero attached hydrogens (tertiary/aromatic N) is 2. The first kappa shape index (κ1) is 23.2. The number of aromatic nitrogens is 1. The number of anilines is 1. The summed E-state index contributed by atoms with van der Waals surface area (Å²) in [5.41, 5.74) is 1.35. The Kier molecular flexibility index (Phi) is 7.37. The monoisotopic (exact) mass is 461 g/mol. The number of furan rings is 1. The Morgan fingerprint density at radius 3 is 2.50 bits per heavy atom. The third-order valence-electron chi connectivity index (χ3n) is 5.82. The number of esters is 1. The van der Waals surface area contributed by atoms with Crippen molar-refractivity contribution in [2.45, 2.75) is 44.7 Å². The van der Waals surface area contributed by atoms with E-state index >= 15 is 0 Å². The fraction of sp³-hybridized carbons (Fsp3) is 0.308. The van der Waals surface area contributed by atoms with Crippen molar-refractivity contribution in [3.63, 3.8) is 0 Å². The van der Waals surface area contributed by atoms with Gasteiger partial charge in [0, 0.05) is 29.7 Å². The highest BCUT2D eigenvalue weighted by molar-refractivity contribution is 6.08. The van der Waals surface area contributed by atoms with Crippen molar-refractivity contribution in [3.05, 3.63) is 84.1 Å². The minimum atomic E-state index is -0.986. The first-order valence-corrected chi connectivity index (χ1v) is 11.4. The fourth-order valence-corrected chi connectivity index (χ4v) is 4.18. The molecule has 8 heteroatoms. The Morgan fingerprint density at radius 2 is 1.88 bits per heavy atom. The zero-order chi connectivity index (χ0) is 23.9. The van der Waals surface area contributed by atoms with E-state index in [2.05, 4.69) is 10.3 Å². The lowest BCUT2D eigenvalue weighted by atomic mass is 10.0. The van der Waals surface area contributed by atoms with Crippen LogP contribution in [0.5, 0.6) is 0 Å². The van der Waals surface area contributed by atoms with Crippen LogP contribution in [0.1, 0.15) is 65.1 Å². The summed E-state index contributed by atoms with van der Waals surface area (Å²) < 4.78 is 10.4. The molecule has 8 nitrogen and oxygen atoms in total. The molecule has 4 rings (SSSR count). The van der Waals surface area contributed by atoms with Gasteiger partial charge < -0.3 is 14.5 Å². The summed E-state index contributed by atoms with van der Waals surface area (Å²) >= 11 is 0. The van der Waals surface area contributed by atoms with E-state index in [4.69, 9.17) is 9.15 Å². The number of hydrogen-bond donors (Lipinski definition) is 1. The molecule has 1 N–H and O–H groups in total. The van der Waals surface area contributed by atoms with Crippen LogP contribution >= 0.6 is 0 Å². The van der Waals surface area contributed by atoms with Gasteiger partial charge in [0.2, 0.25) is 5.91 Å². The largest absolute Gasteiger partial charge is 0.462 e. The third kappa shape index (κ3) is 5.17. The third-order valence-corrected chi connectivity index (χ3v) is 5.82. The average Bonchev–Trinajstić information content (AvgIpc) is 3.57. The minimum Gasteiger partial charge on any atom is -0.462 e. The van der Waals surface area contributed by atoms with Crippen LogP contribution < -0.4 is 10.2 Å². The molecule has 0 bridgehead atoms. The number of carbonyl (C=O) groups excluding carboxylic acids is 3. The zero-order valence-electron chi connectivity index (χ0n) is 19.0. The lowest BCUT2D eigenvalue weighted by molar-refractivity contribution is -0.123. The number of hydrogen-bond acceptors (Lipinski definition) is 6. The smallest absolute Gasteiger partial charge is 0.338 e. The van der Waals surface area contributed by atoms with Crippen molar-refractivity contribution in [3.8, 4) is 0 Å². The Labute approximate surface area is 197 Å². The molecule has 0 radical (unpaired) electrons. The summed E-state index contributed by atoms with van der Waals surface area (Å²) in [4.78, 5) is 44.9. The molecule has 0 saturated heterocycles. The number of benzene rings is 1. The van der Waals surface area contributed by atoms with E-state index in [0.29, 0.717) is 16.8 Å². The zero-order valence-corrected chi connectivity index (χ0v) is 19.0. The molecule has 1 aliphatic rings. The van der Waals surface area contributed by atoms with Gasteiger partial charge in [-0.15, -0.1) is 0 Å². The Hall–Kier alpha value is -3.94. The van der Waals surface area contributed by atoms with Gasteiger partial charge in [0.25, 0.3) is 5.91 Å². The Balaban J connectivity index is 1.76. The van der Waals surface area contributed by atoms with Crippen molar-refractivity contribution < 1.29 is 23.5 Å². The second-order valence-electron chi connectivity index (χ2n) is 8.10. The molecule has 1 aromatic carbocycles. The van der Waals surface area contributed by atoms with Crippen molar-refractivity contribution in [1.82, 2.24) is 10.3 Å². The molecular formula is C26H27N3O5. The number of nitrogens with one attached hydrogen (secondary N) is 1. The summed E-state index contributed by atoms with van der Waals surface area (Å²) in [6.07, 6.45) is 8.54. The molecule has 1 saturated carbocycles. The number of ether oxygens (including phenoxy) is 1. The van der Waals surface area contributed by atoms with Crippen molar-refractivity contribution in [2.75, 3.05) is 11.5 Å².